The first-order valence-electron chi connectivity index (χ1n) is 7.03. The number of fused-ring (bicyclic) bond motifs is 1. The summed E-state index contributed by atoms with van der Waals surface area (Å²) in [6.07, 6.45) is 3.37. The number of hydrogen-bond acceptors (Lipinski definition) is 2. The highest BCUT2D eigenvalue weighted by atomic mass is 79.9. The van der Waals surface area contributed by atoms with Gasteiger partial charge in [0.15, 0.2) is 0 Å². The number of carbonyl (C=O) groups is 1. The van der Waals surface area contributed by atoms with Gasteiger partial charge in [0.25, 0.3) is 5.91 Å². The van der Waals surface area contributed by atoms with Gasteiger partial charge in [0.1, 0.15) is 0 Å². The Morgan fingerprint density at radius 1 is 1.19 bits per heavy atom. The standard InChI is InChI=1S/C17H17BrN2O/c1-10-7-14(18)16(9-15(10)19)20-17(21)13-6-5-11-3-2-4-12(11)8-13/h5-9H,2-4,19H2,1H3,(H,20,21). The first kappa shape index (κ1) is 14.1. The van der Waals surface area contributed by atoms with Crippen molar-refractivity contribution in [1.82, 2.24) is 0 Å². The van der Waals surface area contributed by atoms with Gasteiger partial charge in [0, 0.05) is 15.7 Å². The minimum absolute atomic E-state index is 0.103. The SMILES string of the molecule is Cc1cc(Br)c(NC(=O)c2ccc3c(c2)CCC3)cc1N. The third-order valence-electron chi connectivity index (χ3n) is 3.96. The summed E-state index contributed by atoms with van der Waals surface area (Å²) in [6, 6.07) is 9.65. The van der Waals surface area contributed by atoms with Gasteiger partial charge in [-0.2, -0.15) is 0 Å². The van der Waals surface area contributed by atoms with Crippen LogP contribution in [0, 0.1) is 6.92 Å². The Balaban J connectivity index is 1.85. The van der Waals surface area contributed by atoms with Crippen LogP contribution < -0.4 is 11.1 Å². The molecule has 0 bridgehead atoms. The van der Waals surface area contributed by atoms with Gasteiger partial charge in [0.2, 0.25) is 0 Å². The van der Waals surface area contributed by atoms with Crippen LogP contribution in [0.25, 0.3) is 0 Å². The van der Waals surface area contributed by atoms with Gasteiger partial charge < -0.3 is 11.1 Å². The lowest BCUT2D eigenvalue weighted by Gasteiger charge is -2.11. The lowest BCUT2D eigenvalue weighted by Crippen LogP contribution is -2.13. The van der Waals surface area contributed by atoms with Gasteiger partial charge in [-0.15, -0.1) is 0 Å². The summed E-state index contributed by atoms with van der Waals surface area (Å²) >= 11 is 3.46. The molecule has 0 unspecified atom stereocenters. The minimum atomic E-state index is -0.103. The van der Waals surface area contributed by atoms with Gasteiger partial charge in [-0.1, -0.05) is 6.07 Å². The molecular formula is C17H17BrN2O. The van der Waals surface area contributed by atoms with Crippen LogP contribution in [-0.4, -0.2) is 5.91 Å². The fourth-order valence-corrected chi connectivity index (χ4v) is 3.25. The topological polar surface area (TPSA) is 55.1 Å². The van der Waals surface area contributed by atoms with E-state index >= 15 is 0 Å². The Labute approximate surface area is 132 Å². The summed E-state index contributed by atoms with van der Waals surface area (Å²) in [5, 5.41) is 2.92. The number of benzene rings is 2. The van der Waals surface area contributed by atoms with Gasteiger partial charge in [-0.3, -0.25) is 4.79 Å². The van der Waals surface area contributed by atoms with Crippen molar-refractivity contribution in [3.05, 3.63) is 57.1 Å². The molecule has 2 aromatic rings. The fraction of sp³-hybridized carbons (Fsp3) is 0.235. The zero-order valence-electron chi connectivity index (χ0n) is 11.9. The Morgan fingerprint density at radius 3 is 2.76 bits per heavy atom. The minimum Gasteiger partial charge on any atom is -0.398 e. The van der Waals surface area contributed by atoms with Crippen molar-refractivity contribution in [2.45, 2.75) is 26.2 Å². The van der Waals surface area contributed by atoms with E-state index in [4.69, 9.17) is 5.73 Å². The van der Waals surface area contributed by atoms with Crippen LogP contribution in [0.4, 0.5) is 11.4 Å². The van der Waals surface area contributed by atoms with E-state index in [0.29, 0.717) is 16.9 Å². The number of halogens is 1. The molecule has 0 radical (unpaired) electrons. The van der Waals surface area contributed by atoms with E-state index in [1.807, 2.05) is 25.1 Å². The van der Waals surface area contributed by atoms with E-state index in [-0.39, 0.29) is 5.91 Å². The summed E-state index contributed by atoms with van der Waals surface area (Å²) in [7, 11) is 0. The van der Waals surface area contributed by atoms with Crippen molar-refractivity contribution in [2.24, 2.45) is 0 Å². The Hall–Kier alpha value is -1.81. The number of amides is 1. The molecule has 0 aliphatic heterocycles. The molecule has 108 valence electrons. The highest BCUT2D eigenvalue weighted by molar-refractivity contribution is 9.10. The number of aryl methyl sites for hydroxylation is 3. The van der Waals surface area contributed by atoms with Crippen molar-refractivity contribution >= 4 is 33.2 Å². The number of rotatable bonds is 2. The van der Waals surface area contributed by atoms with Crippen molar-refractivity contribution in [3.8, 4) is 0 Å². The average molecular weight is 345 g/mol. The maximum atomic E-state index is 12.4. The Bertz CT molecular complexity index is 725. The van der Waals surface area contributed by atoms with E-state index in [0.717, 1.165) is 22.9 Å². The quantitative estimate of drug-likeness (QED) is 0.806. The molecule has 0 atom stereocenters. The van der Waals surface area contributed by atoms with Gasteiger partial charge in [0.05, 0.1) is 5.69 Å². The van der Waals surface area contributed by atoms with E-state index in [1.54, 1.807) is 6.07 Å². The molecule has 0 aromatic heterocycles. The fourth-order valence-electron chi connectivity index (χ4n) is 2.69. The van der Waals surface area contributed by atoms with Crippen LogP contribution in [0.1, 0.15) is 33.5 Å². The first-order valence-corrected chi connectivity index (χ1v) is 7.82. The van der Waals surface area contributed by atoms with Crippen molar-refractivity contribution in [2.75, 3.05) is 11.1 Å². The molecule has 21 heavy (non-hydrogen) atoms. The monoisotopic (exact) mass is 344 g/mol. The van der Waals surface area contributed by atoms with Crippen LogP contribution in [0.2, 0.25) is 0 Å². The zero-order chi connectivity index (χ0) is 15.0. The van der Waals surface area contributed by atoms with E-state index < -0.39 is 0 Å². The number of nitrogens with two attached hydrogens (primary N) is 1. The highest BCUT2D eigenvalue weighted by Crippen LogP contribution is 2.29. The van der Waals surface area contributed by atoms with Crippen LogP contribution in [0.5, 0.6) is 0 Å². The molecule has 0 saturated heterocycles. The molecular weight excluding hydrogens is 328 g/mol. The van der Waals surface area contributed by atoms with Gasteiger partial charge in [-0.05, 0) is 83.1 Å². The van der Waals surface area contributed by atoms with Crippen molar-refractivity contribution < 1.29 is 4.79 Å². The molecule has 3 N–H and O–H groups in total. The Morgan fingerprint density at radius 2 is 1.95 bits per heavy atom. The second-order valence-electron chi connectivity index (χ2n) is 5.48. The number of anilines is 2. The molecule has 0 fully saturated rings. The third kappa shape index (κ3) is 2.81. The maximum Gasteiger partial charge on any atom is 0.255 e. The lowest BCUT2D eigenvalue weighted by atomic mass is 10.1. The predicted octanol–water partition coefficient (Wildman–Crippen LogP) is 4.08. The second-order valence-corrected chi connectivity index (χ2v) is 6.33. The third-order valence-corrected chi connectivity index (χ3v) is 4.62. The van der Waals surface area contributed by atoms with E-state index in [9.17, 15) is 4.79 Å². The summed E-state index contributed by atoms with van der Waals surface area (Å²) < 4.78 is 0.837. The summed E-state index contributed by atoms with van der Waals surface area (Å²) in [5.74, 6) is -0.103. The van der Waals surface area contributed by atoms with Gasteiger partial charge in [-0.25, -0.2) is 0 Å². The molecule has 3 rings (SSSR count). The first-order chi connectivity index (χ1) is 10.0. The smallest absolute Gasteiger partial charge is 0.255 e. The highest BCUT2D eigenvalue weighted by Gasteiger charge is 2.15. The van der Waals surface area contributed by atoms with Crippen LogP contribution in [0.15, 0.2) is 34.8 Å². The Kier molecular flexibility index (Phi) is 3.72. The van der Waals surface area contributed by atoms with Crippen molar-refractivity contribution in [3.63, 3.8) is 0 Å². The molecule has 0 heterocycles. The molecule has 1 amide bonds. The van der Waals surface area contributed by atoms with Crippen LogP contribution in [-0.2, 0) is 12.8 Å². The zero-order valence-corrected chi connectivity index (χ0v) is 13.5. The maximum absolute atomic E-state index is 12.4. The lowest BCUT2D eigenvalue weighted by molar-refractivity contribution is 0.102. The number of carbonyl (C=O) groups excluding carboxylic acids is 1. The van der Waals surface area contributed by atoms with E-state index in [2.05, 4.69) is 27.3 Å². The molecule has 3 nitrogen and oxygen atoms in total. The molecule has 0 saturated carbocycles. The molecule has 0 spiro atoms. The average Bonchev–Trinajstić information content (AvgIpc) is 2.92. The van der Waals surface area contributed by atoms with Crippen molar-refractivity contribution in [1.29, 1.82) is 0 Å². The van der Waals surface area contributed by atoms with Crippen LogP contribution >= 0.6 is 15.9 Å². The summed E-state index contributed by atoms with van der Waals surface area (Å²) in [4.78, 5) is 12.4. The molecule has 2 aromatic carbocycles. The summed E-state index contributed by atoms with van der Waals surface area (Å²) in [5.41, 5.74) is 11.6. The molecule has 4 heteroatoms. The molecule has 1 aliphatic rings. The largest absolute Gasteiger partial charge is 0.398 e. The van der Waals surface area contributed by atoms with E-state index in [1.165, 1.54) is 17.5 Å². The van der Waals surface area contributed by atoms with Gasteiger partial charge >= 0.3 is 0 Å². The molecule has 1 aliphatic carbocycles. The number of nitrogens with one attached hydrogen (secondary N) is 1. The van der Waals surface area contributed by atoms with Crippen LogP contribution in [0.3, 0.4) is 0 Å². The normalized spacial score (nSPS) is 13.0. The number of hydrogen-bond donors (Lipinski definition) is 2. The second kappa shape index (κ2) is 5.53. The number of nitrogen functional groups attached to an aromatic ring is 1. The summed E-state index contributed by atoms with van der Waals surface area (Å²) in [6.45, 7) is 1.94. The predicted molar refractivity (Wildman–Crippen MR) is 89.7 cm³/mol.